The fraction of sp³-hybridized carbons (Fsp3) is 0.583. The summed E-state index contributed by atoms with van der Waals surface area (Å²) in [7, 11) is 0. The molecule has 0 bridgehead atoms. The number of carbonyl (C=O) groups excluding carboxylic acids is 1. The van der Waals surface area contributed by atoms with Crippen LogP contribution in [-0.2, 0) is 4.79 Å². The summed E-state index contributed by atoms with van der Waals surface area (Å²) >= 11 is 5.96. The summed E-state index contributed by atoms with van der Waals surface area (Å²) < 4.78 is 0. The van der Waals surface area contributed by atoms with Crippen molar-refractivity contribution >= 4 is 23.3 Å². The Morgan fingerprint density at radius 1 is 1.50 bits per heavy atom. The Hall–Kier alpha value is -1.36. The molecule has 1 aromatic heterocycles. The third-order valence-electron chi connectivity index (χ3n) is 2.91. The number of hydrogen-bond donors (Lipinski definition) is 1. The van der Waals surface area contributed by atoms with Crippen molar-refractivity contribution in [3.8, 4) is 0 Å². The van der Waals surface area contributed by atoms with Crippen molar-refractivity contribution in [3.05, 3.63) is 17.0 Å². The number of nitrogens with one attached hydrogen (secondary N) is 1. The number of aromatic nitrogens is 2. The molecule has 2 heterocycles. The summed E-state index contributed by atoms with van der Waals surface area (Å²) in [6.45, 7) is 7.06. The summed E-state index contributed by atoms with van der Waals surface area (Å²) in [6, 6.07) is 1.96. The molecule has 0 atom stereocenters. The second-order valence-electron chi connectivity index (χ2n) is 4.85. The number of hydrogen-bond acceptors (Lipinski definition) is 4. The Kier molecular flexibility index (Phi) is 3.71. The molecule has 1 fully saturated rings. The first-order valence-electron chi connectivity index (χ1n) is 6.02. The Balaban J connectivity index is 2.00. The average molecular weight is 269 g/mol. The van der Waals surface area contributed by atoms with Crippen LogP contribution in [0.5, 0.6) is 0 Å². The molecule has 1 aromatic rings. The van der Waals surface area contributed by atoms with Gasteiger partial charge in [-0.3, -0.25) is 4.79 Å². The van der Waals surface area contributed by atoms with Crippen LogP contribution in [0.25, 0.3) is 0 Å². The van der Waals surface area contributed by atoms with Gasteiger partial charge in [0.05, 0.1) is 6.04 Å². The van der Waals surface area contributed by atoms with Crippen molar-refractivity contribution in [1.29, 1.82) is 0 Å². The van der Waals surface area contributed by atoms with Gasteiger partial charge in [-0.15, -0.1) is 0 Å². The molecule has 0 saturated carbocycles. The van der Waals surface area contributed by atoms with Gasteiger partial charge < -0.3 is 10.2 Å². The van der Waals surface area contributed by atoms with Crippen LogP contribution in [0.3, 0.4) is 0 Å². The van der Waals surface area contributed by atoms with E-state index in [0.29, 0.717) is 18.2 Å². The van der Waals surface area contributed by atoms with Gasteiger partial charge in [0.25, 0.3) is 0 Å². The van der Waals surface area contributed by atoms with Crippen molar-refractivity contribution in [2.75, 3.05) is 18.4 Å². The molecule has 1 amide bonds. The Labute approximate surface area is 112 Å². The highest BCUT2D eigenvalue weighted by Gasteiger charge is 2.28. The van der Waals surface area contributed by atoms with Crippen LogP contribution >= 0.6 is 11.6 Å². The maximum atomic E-state index is 11.1. The fourth-order valence-corrected chi connectivity index (χ4v) is 1.99. The maximum absolute atomic E-state index is 11.1. The number of nitrogens with zero attached hydrogens (tertiary/aromatic N) is 3. The highest BCUT2D eigenvalue weighted by Crippen LogP contribution is 2.19. The van der Waals surface area contributed by atoms with Crippen molar-refractivity contribution in [1.82, 2.24) is 14.9 Å². The minimum atomic E-state index is 0.108. The topological polar surface area (TPSA) is 58.1 Å². The second kappa shape index (κ2) is 5.10. The van der Waals surface area contributed by atoms with Gasteiger partial charge in [-0.05, 0) is 0 Å². The largest absolute Gasteiger partial charge is 0.364 e. The molecule has 1 aliphatic heterocycles. The van der Waals surface area contributed by atoms with E-state index in [1.807, 2.05) is 13.8 Å². The van der Waals surface area contributed by atoms with E-state index in [-0.39, 0.29) is 17.9 Å². The minimum absolute atomic E-state index is 0.108. The lowest BCUT2D eigenvalue weighted by atomic mass is 10.1. The van der Waals surface area contributed by atoms with E-state index < -0.39 is 0 Å². The summed E-state index contributed by atoms with van der Waals surface area (Å²) in [5.41, 5.74) is 0. The van der Waals surface area contributed by atoms with Crippen molar-refractivity contribution in [2.45, 2.75) is 32.7 Å². The van der Waals surface area contributed by atoms with Crippen LogP contribution in [0.15, 0.2) is 6.07 Å². The maximum Gasteiger partial charge on any atom is 0.219 e. The number of rotatable bonds is 3. The van der Waals surface area contributed by atoms with Gasteiger partial charge in [-0.2, -0.15) is 0 Å². The van der Waals surface area contributed by atoms with E-state index >= 15 is 0 Å². The predicted octanol–water partition coefficient (Wildman–Crippen LogP) is 1.90. The van der Waals surface area contributed by atoms with Gasteiger partial charge in [-0.1, -0.05) is 25.4 Å². The molecule has 98 valence electrons. The quantitative estimate of drug-likeness (QED) is 0.851. The average Bonchev–Trinajstić information content (AvgIpc) is 2.21. The third-order valence-corrected chi connectivity index (χ3v) is 3.10. The molecule has 1 N–H and O–H groups in total. The van der Waals surface area contributed by atoms with Gasteiger partial charge in [0, 0.05) is 32.0 Å². The Morgan fingerprint density at radius 3 is 2.72 bits per heavy atom. The van der Waals surface area contributed by atoms with Crippen LogP contribution in [-0.4, -0.2) is 39.9 Å². The number of anilines is 1. The molecule has 1 aliphatic rings. The molecule has 0 unspecified atom stereocenters. The molecule has 0 spiro atoms. The second-order valence-corrected chi connectivity index (χ2v) is 5.24. The number of carbonyl (C=O) groups is 1. The molecule has 5 nitrogen and oxygen atoms in total. The van der Waals surface area contributed by atoms with E-state index in [4.69, 9.17) is 11.6 Å². The molecule has 1 saturated heterocycles. The monoisotopic (exact) mass is 268 g/mol. The summed E-state index contributed by atoms with van der Waals surface area (Å²) in [5, 5.41) is 3.71. The number of amides is 1. The lowest BCUT2D eigenvalue weighted by molar-refractivity contribution is -0.132. The highest BCUT2D eigenvalue weighted by atomic mass is 35.5. The third kappa shape index (κ3) is 2.90. The number of halogens is 1. The van der Waals surface area contributed by atoms with Crippen LogP contribution in [0, 0.1) is 0 Å². The zero-order valence-corrected chi connectivity index (χ0v) is 11.5. The van der Waals surface area contributed by atoms with E-state index in [0.717, 1.165) is 11.6 Å². The fourth-order valence-electron chi connectivity index (χ4n) is 1.80. The summed E-state index contributed by atoms with van der Waals surface area (Å²) in [4.78, 5) is 21.4. The molecule has 2 rings (SSSR count). The van der Waals surface area contributed by atoms with Gasteiger partial charge in [0.15, 0.2) is 0 Å². The van der Waals surface area contributed by atoms with Crippen molar-refractivity contribution < 1.29 is 4.79 Å². The van der Waals surface area contributed by atoms with Crippen LogP contribution in [0.4, 0.5) is 5.82 Å². The Morgan fingerprint density at radius 2 is 2.17 bits per heavy atom. The van der Waals surface area contributed by atoms with E-state index in [1.165, 1.54) is 0 Å². The van der Waals surface area contributed by atoms with E-state index in [2.05, 4.69) is 15.3 Å². The van der Waals surface area contributed by atoms with E-state index in [9.17, 15) is 4.79 Å². The molecule has 0 aromatic carbocycles. The molecule has 18 heavy (non-hydrogen) atoms. The lowest BCUT2D eigenvalue weighted by Crippen LogP contribution is -2.56. The van der Waals surface area contributed by atoms with Gasteiger partial charge in [0.1, 0.15) is 16.8 Å². The predicted molar refractivity (Wildman–Crippen MR) is 70.8 cm³/mol. The first kappa shape index (κ1) is 13.1. The first-order chi connectivity index (χ1) is 8.45. The van der Waals surface area contributed by atoms with Crippen LogP contribution in [0.2, 0.25) is 5.15 Å². The first-order valence-corrected chi connectivity index (χ1v) is 6.40. The van der Waals surface area contributed by atoms with Crippen molar-refractivity contribution in [3.63, 3.8) is 0 Å². The smallest absolute Gasteiger partial charge is 0.219 e. The number of likely N-dealkylation sites (tertiary alicyclic amines) is 1. The Bertz CT molecular complexity index is 457. The normalized spacial score (nSPS) is 15.7. The highest BCUT2D eigenvalue weighted by molar-refractivity contribution is 6.29. The standard InChI is InChI=1S/C12H17ClN4O/c1-7(2)12-15-10(13)4-11(16-12)14-9-5-17(6-9)8(3)18/h4,7,9H,5-6H2,1-3H3,(H,14,15,16). The molecule has 0 radical (unpaired) electrons. The minimum Gasteiger partial charge on any atom is -0.364 e. The summed E-state index contributed by atoms with van der Waals surface area (Å²) in [6.07, 6.45) is 0. The van der Waals surface area contributed by atoms with Gasteiger partial charge in [-0.25, -0.2) is 9.97 Å². The van der Waals surface area contributed by atoms with E-state index in [1.54, 1.807) is 17.9 Å². The lowest BCUT2D eigenvalue weighted by Gasteiger charge is -2.39. The van der Waals surface area contributed by atoms with Crippen LogP contribution < -0.4 is 5.32 Å². The van der Waals surface area contributed by atoms with Crippen LogP contribution in [0.1, 0.15) is 32.5 Å². The van der Waals surface area contributed by atoms with Crippen molar-refractivity contribution in [2.24, 2.45) is 0 Å². The molecular weight excluding hydrogens is 252 g/mol. The zero-order chi connectivity index (χ0) is 13.3. The molecular formula is C12H17ClN4O. The zero-order valence-electron chi connectivity index (χ0n) is 10.8. The van der Waals surface area contributed by atoms with Gasteiger partial charge in [0.2, 0.25) is 5.91 Å². The molecule has 6 heteroatoms. The van der Waals surface area contributed by atoms with Gasteiger partial charge >= 0.3 is 0 Å². The molecule has 0 aliphatic carbocycles. The summed E-state index contributed by atoms with van der Waals surface area (Å²) in [5.74, 6) is 1.80. The SMILES string of the molecule is CC(=O)N1CC(Nc2cc(Cl)nc(C(C)C)n2)C1.